The number of nitrogens with zero attached hydrogens (tertiary/aromatic N) is 2. The van der Waals surface area contributed by atoms with Crippen LogP contribution in [0, 0.1) is 0 Å². The number of hydrogen-bond acceptors (Lipinski definition) is 3. The molecule has 3 aromatic rings. The first-order chi connectivity index (χ1) is 17.2. The van der Waals surface area contributed by atoms with E-state index < -0.39 is 0 Å². The topological polar surface area (TPSA) is 107 Å². The molecule has 1 aliphatic carbocycles. The Morgan fingerprint density at radius 3 is 2.34 bits per heavy atom. The fraction of sp³-hybridized carbons (Fsp3) is 0.357. The Hall–Kier alpha value is -3.42. The van der Waals surface area contributed by atoms with E-state index in [2.05, 4.69) is 68.0 Å². The molecule has 0 radical (unpaired) electrons. The number of piperazine rings is 1. The lowest BCUT2D eigenvalue weighted by Crippen LogP contribution is -2.49. The van der Waals surface area contributed by atoms with E-state index in [-0.39, 0.29) is 0 Å². The summed E-state index contributed by atoms with van der Waals surface area (Å²) in [5.74, 6) is 0.921. The maximum Gasteiger partial charge on any atom is 0.280 e. The van der Waals surface area contributed by atoms with Gasteiger partial charge in [0, 0.05) is 54.9 Å². The van der Waals surface area contributed by atoms with Gasteiger partial charge in [-0.1, -0.05) is 30.3 Å². The number of rotatable bonds is 7. The third-order valence-electron chi connectivity index (χ3n) is 7.37. The van der Waals surface area contributed by atoms with E-state index in [1.807, 2.05) is 18.2 Å². The van der Waals surface area contributed by atoms with Crippen LogP contribution in [-0.2, 0) is 0 Å². The van der Waals surface area contributed by atoms with Gasteiger partial charge in [0.15, 0.2) is 0 Å². The average Bonchev–Trinajstić information content (AvgIpc) is 3.36. The van der Waals surface area contributed by atoms with E-state index in [1.54, 1.807) is 0 Å². The minimum atomic E-state index is 0.412. The van der Waals surface area contributed by atoms with Crippen LogP contribution in [0.3, 0.4) is 0 Å². The standard InChI is InChI=1S/C28H35N7/c29-19-32-28(30)27-25(20-6-10-23(11-7-20)33-22-4-2-1-3-5-22)18-26(34-27)21-8-12-24(13-9-21)35-16-14-31-15-17-35/h1-7,10-11,18-19,21,24,31,33-34H,8-9,12-17H2,(H3,29,30,32)/p+1. The van der Waals surface area contributed by atoms with Crippen molar-refractivity contribution in [1.29, 1.82) is 0 Å². The van der Waals surface area contributed by atoms with Gasteiger partial charge in [-0.25, -0.2) is 0 Å². The predicted octanol–water partition coefficient (Wildman–Crippen LogP) is 2.85. The second-order valence-electron chi connectivity index (χ2n) is 9.54. The van der Waals surface area contributed by atoms with Gasteiger partial charge >= 0.3 is 0 Å². The van der Waals surface area contributed by atoms with E-state index in [4.69, 9.17) is 11.1 Å². The van der Waals surface area contributed by atoms with Crippen LogP contribution in [0.25, 0.3) is 11.1 Å². The number of anilines is 2. The van der Waals surface area contributed by atoms with Gasteiger partial charge in [0.05, 0.1) is 0 Å². The number of aromatic nitrogens is 1. The molecule has 5 rings (SSSR count). The molecule has 2 heterocycles. The van der Waals surface area contributed by atoms with Crippen molar-refractivity contribution in [2.45, 2.75) is 37.6 Å². The van der Waals surface area contributed by atoms with Crippen molar-refractivity contribution in [2.75, 3.05) is 31.5 Å². The molecule has 1 saturated carbocycles. The first-order valence-corrected chi connectivity index (χ1v) is 12.7. The van der Waals surface area contributed by atoms with Gasteiger partial charge in [0.1, 0.15) is 5.69 Å². The van der Waals surface area contributed by atoms with Crippen molar-refractivity contribution >= 4 is 23.5 Å². The van der Waals surface area contributed by atoms with E-state index >= 15 is 0 Å². The number of aliphatic imine (C=N–C) groups is 1. The highest BCUT2D eigenvalue weighted by atomic mass is 15.2. The Labute approximate surface area is 207 Å². The molecule has 7 heteroatoms. The number of aromatic amines is 1. The summed E-state index contributed by atoms with van der Waals surface area (Å²) < 4.78 is 0. The third kappa shape index (κ3) is 5.47. The predicted molar refractivity (Wildman–Crippen MR) is 144 cm³/mol. The van der Waals surface area contributed by atoms with Crippen molar-refractivity contribution in [3.63, 3.8) is 0 Å². The van der Waals surface area contributed by atoms with E-state index in [0.29, 0.717) is 17.8 Å². The van der Waals surface area contributed by atoms with Crippen molar-refractivity contribution in [3.05, 3.63) is 72.1 Å². The molecular formula is C28H36N7+. The quantitative estimate of drug-likeness (QED) is 0.270. The van der Waals surface area contributed by atoms with Gasteiger partial charge in [-0.2, -0.15) is 0 Å². The minimum absolute atomic E-state index is 0.412. The van der Waals surface area contributed by atoms with Gasteiger partial charge in [0.25, 0.3) is 12.2 Å². The molecule has 1 saturated heterocycles. The molecule has 1 aliphatic heterocycles. The number of nitrogens with two attached hydrogens (primary N) is 2. The smallest absolute Gasteiger partial charge is 0.280 e. The Bertz CT molecular complexity index is 1140. The molecule has 7 nitrogen and oxygen atoms in total. The molecule has 0 unspecified atom stereocenters. The fourth-order valence-electron chi connectivity index (χ4n) is 5.49. The van der Waals surface area contributed by atoms with E-state index in [9.17, 15) is 0 Å². The highest BCUT2D eigenvalue weighted by molar-refractivity contribution is 6.04. The molecule has 182 valence electrons. The lowest BCUT2D eigenvalue weighted by Gasteiger charge is -2.39. The maximum atomic E-state index is 6.32. The number of nitrogens with one attached hydrogen (secondary N) is 3. The van der Waals surface area contributed by atoms with Gasteiger partial charge in [0.2, 0.25) is 0 Å². The van der Waals surface area contributed by atoms with Crippen LogP contribution in [0.15, 0.2) is 65.7 Å². The van der Waals surface area contributed by atoms with Crippen LogP contribution in [0.1, 0.15) is 43.0 Å². The van der Waals surface area contributed by atoms with Crippen molar-refractivity contribution in [2.24, 2.45) is 10.7 Å². The number of amidine groups is 1. The third-order valence-corrected chi connectivity index (χ3v) is 7.37. The van der Waals surface area contributed by atoms with Gasteiger partial charge in [-0.05, 0) is 72.5 Å². The molecule has 0 bridgehead atoms. The zero-order chi connectivity index (χ0) is 24.0. The number of benzene rings is 2. The first kappa shape index (κ1) is 23.3. The van der Waals surface area contributed by atoms with Crippen LogP contribution >= 0.6 is 0 Å². The second-order valence-corrected chi connectivity index (χ2v) is 9.54. The van der Waals surface area contributed by atoms with Crippen LogP contribution in [0.5, 0.6) is 0 Å². The number of para-hydroxylation sites is 1. The van der Waals surface area contributed by atoms with Gasteiger partial charge in [-0.3, -0.25) is 10.3 Å². The SMILES string of the molecule is NC(=NC=[NH2+])c1[nH]c(C2CCC(N3CCNCC3)CC2)cc1-c1ccc(Nc2ccccc2)cc1. The van der Waals surface area contributed by atoms with Gasteiger partial charge in [-0.15, -0.1) is 0 Å². The molecule has 1 aromatic heterocycles. The molecule has 35 heavy (non-hydrogen) atoms. The van der Waals surface area contributed by atoms with Crippen molar-refractivity contribution in [3.8, 4) is 11.1 Å². The number of hydrogen-bond donors (Lipinski definition) is 5. The Balaban J connectivity index is 1.34. The summed E-state index contributed by atoms with van der Waals surface area (Å²) in [5, 5.41) is 12.5. The van der Waals surface area contributed by atoms with Crippen LogP contribution in [0.2, 0.25) is 0 Å². The molecule has 2 aliphatic rings. The second kappa shape index (κ2) is 10.9. The Kier molecular flexibility index (Phi) is 7.25. The zero-order valence-electron chi connectivity index (χ0n) is 20.2. The van der Waals surface area contributed by atoms with E-state index in [1.165, 1.54) is 50.8 Å². The molecular weight excluding hydrogens is 434 g/mol. The summed E-state index contributed by atoms with van der Waals surface area (Å²) in [6.45, 7) is 4.56. The summed E-state index contributed by atoms with van der Waals surface area (Å²) in [6, 6.07) is 21.6. The van der Waals surface area contributed by atoms with Crippen LogP contribution in [0.4, 0.5) is 11.4 Å². The fourth-order valence-corrected chi connectivity index (χ4v) is 5.49. The zero-order valence-corrected chi connectivity index (χ0v) is 20.2. The van der Waals surface area contributed by atoms with Crippen LogP contribution in [-0.4, -0.2) is 54.3 Å². The van der Waals surface area contributed by atoms with Crippen molar-refractivity contribution < 1.29 is 5.41 Å². The molecule has 0 spiro atoms. The summed E-state index contributed by atoms with van der Waals surface area (Å²) in [4.78, 5) is 10.5. The largest absolute Gasteiger partial charge is 0.361 e. The highest BCUT2D eigenvalue weighted by Crippen LogP contribution is 2.37. The molecule has 7 N–H and O–H groups in total. The summed E-state index contributed by atoms with van der Waals surface area (Å²) in [5.41, 5.74) is 12.7. The minimum Gasteiger partial charge on any atom is -0.361 e. The summed E-state index contributed by atoms with van der Waals surface area (Å²) in [7, 11) is 0. The summed E-state index contributed by atoms with van der Waals surface area (Å²) in [6.07, 6.45) is 6.12. The van der Waals surface area contributed by atoms with Crippen molar-refractivity contribution in [1.82, 2.24) is 15.2 Å². The maximum absolute atomic E-state index is 6.32. The summed E-state index contributed by atoms with van der Waals surface area (Å²) >= 11 is 0. The molecule has 0 amide bonds. The normalized spacial score (nSPS) is 21.5. The molecule has 2 aromatic carbocycles. The van der Waals surface area contributed by atoms with E-state index in [0.717, 1.165) is 41.3 Å². The monoisotopic (exact) mass is 470 g/mol. The van der Waals surface area contributed by atoms with Gasteiger partial charge < -0.3 is 21.4 Å². The van der Waals surface area contributed by atoms with Crippen LogP contribution < -0.4 is 21.8 Å². The average molecular weight is 471 g/mol. The molecule has 0 atom stereocenters. The first-order valence-electron chi connectivity index (χ1n) is 12.7. The lowest BCUT2D eigenvalue weighted by molar-refractivity contribution is -0.106. The molecule has 2 fully saturated rings. The number of H-pyrrole nitrogens is 1. The highest BCUT2D eigenvalue weighted by Gasteiger charge is 2.29. The lowest BCUT2D eigenvalue weighted by atomic mass is 9.83. The Morgan fingerprint density at radius 1 is 0.971 bits per heavy atom. The Morgan fingerprint density at radius 2 is 1.66 bits per heavy atom.